The van der Waals surface area contributed by atoms with Crippen molar-refractivity contribution in [3.8, 4) is 0 Å². The van der Waals surface area contributed by atoms with Gasteiger partial charge in [-0.1, -0.05) is 0 Å². The highest BCUT2D eigenvalue weighted by Gasteiger charge is 2.11. The van der Waals surface area contributed by atoms with Crippen molar-refractivity contribution >= 4 is 21.4 Å². The van der Waals surface area contributed by atoms with Crippen LogP contribution in [0.5, 0.6) is 0 Å². The first-order valence-corrected chi connectivity index (χ1v) is 8.03. The molecule has 1 aromatic carbocycles. The highest BCUT2D eigenvalue weighted by Crippen LogP contribution is 2.29. The molecule has 1 heterocycles. The summed E-state index contributed by atoms with van der Waals surface area (Å²) in [6.45, 7) is 4.51. The SMILES string of the molecule is Cc1c(F)c(CCOCCN(C)CCO)cc2ccsc12. The van der Waals surface area contributed by atoms with Crippen LogP contribution in [0, 0.1) is 12.7 Å². The summed E-state index contributed by atoms with van der Waals surface area (Å²) in [5.41, 5.74) is 1.46. The summed E-state index contributed by atoms with van der Waals surface area (Å²) >= 11 is 1.58. The number of aryl methyl sites for hydroxylation is 1. The molecular formula is C16H22FNO2S. The van der Waals surface area contributed by atoms with Crippen molar-refractivity contribution in [1.29, 1.82) is 0 Å². The first-order valence-electron chi connectivity index (χ1n) is 7.15. The quantitative estimate of drug-likeness (QED) is 0.761. The molecule has 2 aromatic rings. The Morgan fingerprint density at radius 3 is 2.90 bits per heavy atom. The van der Waals surface area contributed by atoms with Crippen molar-refractivity contribution in [3.05, 3.63) is 34.5 Å². The number of hydrogen-bond acceptors (Lipinski definition) is 4. The molecule has 5 heteroatoms. The number of benzene rings is 1. The Kier molecular flexibility index (Phi) is 6.11. The highest BCUT2D eigenvalue weighted by molar-refractivity contribution is 7.17. The van der Waals surface area contributed by atoms with Gasteiger partial charge in [-0.25, -0.2) is 4.39 Å². The van der Waals surface area contributed by atoms with E-state index in [0.29, 0.717) is 26.2 Å². The molecule has 0 fully saturated rings. The van der Waals surface area contributed by atoms with Crippen LogP contribution in [0.2, 0.25) is 0 Å². The van der Waals surface area contributed by atoms with Gasteiger partial charge in [0, 0.05) is 23.4 Å². The van der Waals surface area contributed by atoms with Crippen molar-refractivity contribution in [2.24, 2.45) is 0 Å². The Morgan fingerprint density at radius 2 is 2.14 bits per heavy atom. The predicted molar refractivity (Wildman–Crippen MR) is 85.6 cm³/mol. The normalized spacial score (nSPS) is 11.7. The molecule has 0 aliphatic heterocycles. The van der Waals surface area contributed by atoms with Crippen LogP contribution in [-0.2, 0) is 11.2 Å². The maximum atomic E-state index is 14.3. The zero-order valence-corrected chi connectivity index (χ0v) is 13.4. The lowest BCUT2D eigenvalue weighted by molar-refractivity contribution is 0.107. The fourth-order valence-corrected chi connectivity index (χ4v) is 3.18. The molecule has 116 valence electrons. The second-order valence-electron chi connectivity index (χ2n) is 5.20. The number of likely N-dealkylation sites (N-methyl/N-ethyl adjacent to an activating group) is 1. The number of halogens is 1. The first-order chi connectivity index (χ1) is 10.1. The van der Waals surface area contributed by atoms with Gasteiger partial charge in [0.15, 0.2) is 0 Å². The number of rotatable bonds is 8. The van der Waals surface area contributed by atoms with E-state index in [2.05, 4.69) is 0 Å². The van der Waals surface area contributed by atoms with Crippen molar-refractivity contribution in [2.45, 2.75) is 13.3 Å². The monoisotopic (exact) mass is 311 g/mol. The first kappa shape index (κ1) is 16.4. The minimum Gasteiger partial charge on any atom is -0.395 e. The maximum Gasteiger partial charge on any atom is 0.130 e. The van der Waals surface area contributed by atoms with Gasteiger partial charge >= 0.3 is 0 Å². The summed E-state index contributed by atoms with van der Waals surface area (Å²) in [5, 5.41) is 11.9. The Labute approximate surface area is 129 Å². The lowest BCUT2D eigenvalue weighted by Crippen LogP contribution is -2.26. The van der Waals surface area contributed by atoms with Gasteiger partial charge < -0.3 is 14.7 Å². The van der Waals surface area contributed by atoms with Crippen LogP contribution >= 0.6 is 11.3 Å². The van der Waals surface area contributed by atoms with Crippen molar-refractivity contribution in [3.63, 3.8) is 0 Å². The molecule has 0 saturated heterocycles. The Morgan fingerprint density at radius 1 is 1.33 bits per heavy atom. The van der Waals surface area contributed by atoms with Crippen LogP contribution in [0.4, 0.5) is 4.39 Å². The Bertz CT molecular complexity index is 585. The van der Waals surface area contributed by atoms with Crippen LogP contribution in [-0.4, -0.2) is 50.0 Å². The van der Waals surface area contributed by atoms with E-state index in [0.717, 1.165) is 27.8 Å². The number of thiophene rings is 1. The van der Waals surface area contributed by atoms with E-state index in [9.17, 15) is 4.39 Å². The molecule has 2 rings (SSSR count). The molecule has 21 heavy (non-hydrogen) atoms. The second-order valence-corrected chi connectivity index (χ2v) is 6.12. The van der Waals surface area contributed by atoms with Gasteiger partial charge in [0.25, 0.3) is 0 Å². The zero-order valence-electron chi connectivity index (χ0n) is 12.6. The van der Waals surface area contributed by atoms with Crippen LogP contribution in [0.1, 0.15) is 11.1 Å². The fraction of sp³-hybridized carbons (Fsp3) is 0.500. The van der Waals surface area contributed by atoms with E-state index in [1.165, 1.54) is 0 Å². The van der Waals surface area contributed by atoms with Crippen molar-refractivity contribution in [1.82, 2.24) is 4.90 Å². The van der Waals surface area contributed by atoms with Gasteiger partial charge in [-0.2, -0.15) is 0 Å². The van der Waals surface area contributed by atoms with E-state index in [4.69, 9.17) is 9.84 Å². The number of aliphatic hydroxyl groups excluding tert-OH is 1. The fourth-order valence-electron chi connectivity index (χ4n) is 2.30. The number of nitrogens with zero attached hydrogens (tertiary/aromatic N) is 1. The van der Waals surface area contributed by atoms with Gasteiger partial charge in [-0.05, 0) is 48.9 Å². The van der Waals surface area contributed by atoms with Gasteiger partial charge in [0.05, 0.1) is 19.8 Å². The minimum atomic E-state index is -0.106. The van der Waals surface area contributed by atoms with E-state index in [1.807, 2.05) is 36.4 Å². The number of aliphatic hydroxyl groups is 1. The zero-order chi connectivity index (χ0) is 15.2. The number of hydrogen-bond donors (Lipinski definition) is 1. The molecule has 0 aliphatic carbocycles. The Balaban J connectivity index is 1.85. The third-order valence-corrected chi connectivity index (χ3v) is 4.64. The van der Waals surface area contributed by atoms with Crippen LogP contribution in [0.15, 0.2) is 17.5 Å². The van der Waals surface area contributed by atoms with E-state index >= 15 is 0 Å². The molecular weight excluding hydrogens is 289 g/mol. The van der Waals surface area contributed by atoms with E-state index < -0.39 is 0 Å². The number of ether oxygens (including phenoxy) is 1. The minimum absolute atomic E-state index is 0.106. The van der Waals surface area contributed by atoms with Crippen LogP contribution < -0.4 is 0 Å². The van der Waals surface area contributed by atoms with Gasteiger partial charge in [-0.15, -0.1) is 11.3 Å². The molecule has 0 spiro atoms. The van der Waals surface area contributed by atoms with Crippen LogP contribution in [0.25, 0.3) is 10.1 Å². The van der Waals surface area contributed by atoms with Crippen LogP contribution in [0.3, 0.4) is 0 Å². The molecule has 0 atom stereocenters. The highest BCUT2D eigenvalue weighted by atomic mass is 32.1. The lowest BCUT2D eigenvalue weighted by Gasteiger charge is -2.15. The van der Waals surface area contributed by atoms with Gasteiger partial charge in [0.1, 0.15) is 5.82 Å². The topological polar surface area (TPSA) is 32.7 Å². The molecule has 3 nitrogen and oxygen atoms in total. The lowest BCUT2D eigenvalue weighted by atomic mass is 10.1. The van der Waals surface area contributed by atoms with E-state index in [-0.39, 0.29) is 12.4 Å². The Hall–Kier alpha value is -1.01. The summed E-state index contributed by atoms with van der Waals surface area (Å²) in [4.78, 5) is 2.00. The molecule has 0 radical (unpaired) electrons. The second kappa shape index (κ2) is 7.84. The smallest absolute Gasteiger partial charge is 0.130 e. The summed E-state index contributed by atoms with van der Waals surface area (Å²) in [5.74, 6) is -0.106. The third-order valence-electron chi connectivity index (χ3n) is 3.59. The molecule has 0 unspecified atom stereocenters. The van der Waals surface area contributed by atoms with E-state index in [1.54, 1.807) is 11.3 Å². The molecule has 0 amide bonds. The van der Waals surface area contributed by atoms with Crippen molar-refractivity contribution < 1.29 is 14.2 Å². The molecule has 1 N–H and O–H groups in total. The van der Waals surface area contributed by atoms with Gasteiger partial charge in [-0.3, -0.25) is 0 Å². The predicted octanol–water partition coefficient (Wildman–Crippen LogP) is 2.83. The average Bonchev–Trinajstić information content (AvgIpc) is 2.92. The molecule has 0 bridgehead atoms. The summed E-state index contributed by atoms with van der Waals surface area (Å²) < 4.78 is 20.8. The summed E-state index contributed by atoms with van der Waals surface area (Å²) in [6, 6.07) is 3.95. The molecule has 0 aliphatic rings. The largest absolute Gasteiger partial charge is 0.395 e. The molecule has 1 aromatic heterocycles. The van der Waals surface area contributed by atoms with Crippen molar-refractivity contribution in [2.75, 3.05) is 40.0 Å². The molecule has 0 saturated carbocycles. The van der Waals surface area contributed by atoms with Gasteiger partial charge in [0.2, 0.25) is 0 Å². The standard InChI is InChI=1S/C16H22FNO2S/c1-12-15(17)13(11-14-4-10-21-16(12)14)3-8-20-9-6-18(2)5-7-19/h4,10-11,19H,3,5-9H2,1-2H3. The average molecular weight is 311 g/mol. The summed E-state index contributed by atoms with van der Waals surface area (Å²) in [7, 11) is 1.94. The number of fused-ring (bicyclic) bond motifs is 1. The maximum absolute atomic E-state index is 14.3. The third kappa shape index (κ3) is 4.23. The summed E-state index contributed by atoms with van der Waals surface area (Å²) in [6.07, 6.45) is 0.585.